The molecular formula is C18H22N4O3. The highest BCUT2D eigenvalue weighted by atomic mass is 16.5. The van der Waals surface area contributed by atoms with Gasteiger partial charge >= 0.3 is 0 Å². The van der Waals surface area contributed by atoms with Gasteiger partial charge in [-0.05, 0) is 49.2 Å². The van der Waals surface area contributed by atoms with Crippen molar-refractivity contribution < 1.29 is 14.3 Å². The van der Waals surface area contributed by atoms with Crippen LogP contribution >= 0.6 is 0 Å². The molecule has 0 aliphatic carbocycles. The summed E-state index contributed by atoms with van der Waals surface area (Å²) in [5, 5.41) is 5.27. The van der Waals surface area contributed by atoms with Crippen LogP contribution in [0.2, 0.25) is 0 Å². The number of hydrogen-bond acceptors (Lipinski definition) is 5. The fourth-order valence-electron chi connectivity index (χ4n) is 2.20. The molecule has 7 nitrogen and oxygen atoms in total. The van der Waals surface area contributed by atoms with Crippen LogP contribution in [-0.2, 0) is 14.3 Å². The molecule has 2 aromatic rings. The highest BCUT2D eigenvalue weighted by Gasteiger charge is 2.09. The summed E-state index contributed by atoms with van der Waals surface area (Å²) in [6, 6.07) is 10.6. The minimum atomic E-state index is -0.391. The Hall–Kier alpha value is -3.06. The van der Waals surface area contributed by atoms with E-state index >= 15 is 0 Å². The first-order chi connectivity index (χ1) is 11.8. The lowest BCUT2D eigenvalue weighted by molar-refractivity contribution is -0.125. The zero-order valence-electron chi connectivity index (χ0n) is 14.3. The third-order valence-corrected chi connectivity index (χ3v) is 3.43. The largest absolute Gasteiger partial charge is 0.397 e. The second-order valence-electron chi connectivity index (χ2n) is 5.77. The number of ether oxygens (including phenoxy) is 1. The number of carbonyl (C=O) groups is 2. The van der Waals surface area contributed by atoms with Crippen molar-refractivity contribution in [2.75, 3.05) is 35.3 Å². The molecule has 0 unspecified atom stereocenters. The Morgan fingerprint density at radius 2 is 1.24 bits per heavy atom. The maximum absolute atomic E-state index is 11.8. The predicted octanol–water partition coefficient (Wildman–Crippen LogP) is 2.06. The summed E-state index contributed by atoms with van der Waals surface area (Å²) < 4.78 is 5.12. The number of aryl methyl sites for hydroxylation is 2. The summed E-state index contributed by atoms with van der Waals surface area (Å²) >= 11 is 0. The molecule has 0 saturated heterocycles. The molecule has 0 fully saturated rings. The molecule has 0 atom stereocenters. The topological polar surface area (TPSA) is 119 Å². The quantitative estimate of drug-likeness (QED) is 0.599. The average Bonchev–Trinajstić information content (AvgIpc) is 2.53. The Morgan fingerprint density at radius 3 is 1.60 bits per heavy atom. The van der Waals surface area contributed by atoms with Crippen LogP contribution in [0, 0.1) is 13.8 Å². The van der Waals surface area contributed by atoms with Crippen LogP contribution < -0.4 is 22.1 Å². The number of nitrogens with two attached hydrogens (primary N) is 2. The molecule has 0 bridgehead atoms. The fraction of sp³-hybridized carbons (Fsp3) is 0.222. The van der Waals surface area contributed by atoms with Crippen molar-refractivity contribution in [1.29, 1.82) is 0 Å². The van der Waals surface area contributed by atoms with E-state index in [1.807, 2.05) is 26.0 Å². The van der Waals surface area contributed by atoms with Gasteiger partial charge in [0.1, 0.15) is 13.2 Å². The standard InChI is InChI=1S/C18H22N4O3/c1-11-3-5-15(13(19)7-11)21-17(23)9-25-10-18(24)22-16-6-4-12(2)8-14(16)20/h3-8H,9-10,19-20H2,1-2H3,(H,21,23)(H,22,24). The van der Waals surface area contributed by atoms with Gasteiger partial charge in [-0.2, -0.15) is 0 Å². The SMILES string of the molecule is Cc1ccc(NC(=O)COCC(=O)Nc2ccc(C)cc2N)c(N)c1. The van der Waals surface area contributed by atoms with Crippen LogP contribution in [0.15, 0.2) is 36.4 Å². The van der Waals surface area contributed by atoms with Crippen LogP contribution in [0.4, 0.5) is 22.7 Å². The lowest BCUT2D eigenvalue weighted by Gasteiger charge is -2.10. The Kier molecular flexibility index (Phi) is 5.97. The molecule has 2 amide bonds. The third kappa shape index (κ3) is 5.50. The molecule has 7 heteroatoms. The number of anilines is 4. The first-order valence-corrected chi connectivity index (χ1v) is 7.75. The molecule has 2 aromatic carbocycles. The molecule has 0 radical (unpaired) electrons. The second kappa shape index (κ2) is 8.16. The van der Waals surface area contributed by atoms with Crippen LogP contribution in [-0.4, -0.2) is 25.0 Å². The monoisotopic (exact) mass is 342 g/mol. The van der Waals surface area contributed by atoms with E-state index < -0.39 is 11.8 Å². The second-order valence-corrected chi connectivity index (χ2v) is 5.77. The van der Waals surface area contributed by atoms with E-state index in [9.17, 15) is 9.59 Å². The highest BCUT2D eigenvalue weighted by Crippen LogP contribution is 2.20. The molecule has 2 rings (SSSR count). The molecule has 0 heterocycles. The number of amides is 2. The van der Waals surface area contributed by atoms with Crippen molar-refractivity contribution in [3.63, 3.8) is 0 Å². The van der Waals surface area contributed by atoms with E-state index in [1.54, 1.807) is 24.3 Å². The first-order valence-electron chi connectivity index (χ1n) is 7.75. The zero-order chi connectivity index (χ0) is 18.4. The molecule has 0 spiro atoms. The number of rotatable bonds is 6. The van der Waals surface area contributed by atoms with E-state index in [0.717, 1.165) is 11.1 Å². The summed E-state index contributed by atoms with van der Waals surface area (Å²) in [4.78, 5) is 23.7. The lowest BCUT2D eigenvalue weighted by atomic mass is 10.2. The molecule has 0 aliphatic rings. The Labute approximate surface area is 146 Å². The average molecular weight is 342 g/mol. The molecule has 0 aliphatic heterocycles. The van der Waals surface area contributed by atoms with Gasteiger partial charge in [0.05, 0.1) is 22.7 Å². The van der Waals surface area contributed by atoms with E-state index in [4.69, 9.17) is 16.2 Å². The summed E-state index contributed by atoms with van der Waals surface area (Å²) in [5.41, 5.74) is 15.6. The maximum atomic E-state index is 11.8. The molecule has 0 saturated carbocycles. The normalized spacial score (nSPS) is 10.3. The third-order valence-electron chi connectivity index (χ3n) is 3.43. The van der Waals surface area contributed by atoms with Crippen molar-refractivity contribution in [3.05, 3.63) is 47.5 Å². The lowest BCUT2D eigenvalue weighted by Crippen LogP contribution is -2.24. The molecular weight excluding hydrogens is 320 g/mol. The summed E-state index contributed by atoms with van der Waals surface area (Å²) in [7, 11) is 0. The van der Waals surface area contributed by atoms with Crippen molar-refractivity contribution in [1.82, 2.24) is 0 Å². The first kappa shape index (κ1) is 18.3. The number of benzene rings is 2. The van der Waals surface area contributed by atoms with Gasteiger partial charge in [0, 0.05) is 0 Å². The van der Waals surface area contributed by atoms with Gasteiger partial charge in [0.2, 0.25) is 11.8 Å². The molecule has 25 heavy (non-hydrogen) atoms. The van der Waals surface area contributed by atoms with Crippen molar-refractivity contribution in [3.8, 4) is 0 Å². The molecule has 6 N–H and O–H groups in total. The smallest absolute Gasteiger partial charge is 0.250 e. The van der Waals surface area contributed by atoms with Crippen molar-refractivity contribution >= 4 is 34.6 Å². The number of nitrogen functional groups attached to an aromatic ring is 2. The predicted molar refractivity (Wildman–Crippen MR) is 99.3 cm³/mol. The molecule has 0 aromatic heterocycles. The van der Waals surface area contributed by atoms with E-state index in [-0.39, 0.29) is 13.2 Å². The van der Waals surface area contributed by atoms with Crippen LogP contribution in [0.25, 0.3) is 0 Å². The van der Waals surface area contributed by atoms with Crippen molar-refractivity contribution in [2.45, 2.75) is 13.8 Å². The van der Waals surface area contributed by atoms with E-state index in [0.29, 0.717) is 22.7 Å². The Bertz CT molecular complexity index is 724. The van der Waals surface area contributed by atoms with Crippen molar-refractivity contribution in [2.24, 2.45) is 0 Å². The number of hydrogen-bond donors (Lipinski definition) is 4. The van der Waals surface area contributed by atoms with Gasteiger partial charge in [0.25, 0.3) is 0 Å². The van der Waals surface area contributed by atoms with E-state index in [1.165, 1.54) is 0 Å². The zero-order valence-corrected chi connectivity index (χ0v) is 14.3. The molecule has 132 valence electrons. The highest BCUT2D eigenvalue weighted by molar-refractivity contribution is 5.96. The van der Waals surface area contributed by atoms with Gasteiger partial charge < -0.3 is 26.8 Å². The van der Waals surface area contributed by atoms with E-state index in [2.05, 4.69) is 10.6 Å². The van der Waals surface area contributed by atoms with Gasteiger partial charge in [-0.3, -0.25) is 9.59 Å². The summed E-state index contributed by atoms with van der Waals surface area (Å²) in [5.74, 6) is -0.781. The number of carbonyl (C=O) groups excluding carboxylic acids is 2. The van der Waals surface area contributed by atoms with Crippen LogP contribution in [0.3, 0.4) is 0 Å². The van der Waals surface area contributed by atoms with Crippen LogP contribution in [0.1, 0.15) is 11.1 Å². The van der Waals surface area contributed by atoms with Gasteiger partial charge in [-0.1, -0.05) is 12.1 Å². The minimum absolute atomic E-state index is 0.260. The fourth-order valence-corrected chi connectivity index (χ4v) is 2.20. The Morgan fingerprint density at radius 1 is 0.840 bits per heavy atom. The minimum Gasteiger partial charge on any atom is -0.397 e. The maximum Gasteiger partial charge on any atom is 0.250 e. The van der Waals surface area contributed by atoms with Crippen LogP contribution in [0.5, 0.6) is 0 Å². The van der Waals surface area contributed by atoms with Gasteiger partial charge in [0.15, 0.2) is 0 Å². The van der Waals surface area contributed by atoms with Gasteiger partial charge in [-0.15, -0.1) is 0 Å². The van der Waals surface area contributed by atoms with Gasteiger partial charge in [-0.25, -0.2) is 0 Å². The number of nitrogens with one attached hydrogen (secondary N) is 2. The summed E-state index contributed by atoms with van der Waals surface area (Å²) in [6.07, 6.45) is 0. The summed E-state index contributed by atoms with van der Waals surface area (Å²) in [6.45, 7) is 3.29. The Balaban J connectivity index is 1.77.